The van der Waals surface area contributed by atoms with Crippen LogP contribution >= 0.6 is 15.9 Å². The molecule has 3 nitrogen and oxygen atoms in total. The van der Waals surface area contributed by atoms with Gasteiger partial charge in [0.2, 0.25) is 0 Å². The number of aldehydes is 1. The van der Waals surface area contributed by atoms with E-state index >= 15 is 0 Å². The van der Waals surface area contributed by atoms with E-state index in [4.69, 9.17) is 9.47 Å². The van der Waals surface area contributed by atoms with Gasteiger partial charge in [-0.05, 0) is 42.7 Å². The van der Waals surface area contributed by atoms with Gasteiger partial charge in [-0.25, -0.2) is 0 Å². The number of rotatable bonds is 3. The predicted molar refractivity (Wildman–Crippen MR) is 90.9 cm³/mol. The molecular weight excluding hydrogens is 344 g/mol. The molecule has 0 radical (unpaired) electrons. The molecule has 0 saturated carbocycles. The number of ether oxygens (including phenoxy) is 2. The Balaban J connectivity index is 0.00000176. The van der Waals surface area contributed by atoms with E-state index < -0.39 is 0 Å². The molecule has 0 atom stereocenters. The number of carbonyl (C=O) groups is 1. The van der Waals surface area contributed by atoms with Crippen LogP contribution in [0, 0.1) is 6.92 Å². The summed E-state index contributed by atoms with van der Waals surface area (Å²) in [5.41, 5.74) is 3.92. The molecule has 3 rings (SSSR count). The monoisotopic (exact) mass is 362 g/mol. The van der Waals surface area contributed by atoms with Crippen molar-refractivity contribution in [3.05, 3.63) is 57.1 Å². The molecule has 2 aromatic rings. The summed E-state index contributed by atoms with van der Waals surface area (Å²) in [4.78, 5) is 11.1. The van der Waals surface area contributed by atoms with E-state index in [0.717, 1.165) is 40.7 Å². The average Bonchev–Trinajstić information content (AvgIpc) is 2.50. The highest BCUT2D eigenvalue weighted by Gasteiger charge is 2.16. The summed E-state index contributed by atoms with van der Waals surface area (Å²) in [6, 6.07) is 9.69. The van der Waals surface area contributed by atoms with Gasteiger partial charge in [0.05, 0.1) is 13.2 Å². The molecule has 0 bridgehead atoms. The summed E-state index contributed by atoms with van der Waals surface area (Å²) in [5.74, 6) is 1.49. The Labute approximate surface area is 139 Å². The summed E-state index contributed by atoms with van der Waals surface area (Å²) in [7, 11) is 0. The standard InChI is InChI=1S/C17H15BrO3.CH4/c1-11-7-15(18)13(9-19)8-17(11)21-16-4-2-3-12-5-6-20-10-14(12)16;/h2-4,7-9H,5-6,10H2,1H3;1H4. The molecule has 4 heteroatoms. The zero-order chi connectivity index (χ0) is 14.8. The van der Waals surface area contributed by atoms with E-state index in [1.165, 1.54) is 5.56 Å². The van der Waals surface area contributed by atoms with Gasteiger partial charge in [-0.15, -0.1) is 0 Å². The lowest BCUT2D eigenvalue weighted by molar-refractivity contribution is 0.109. The van der Waals surface area contributed by atoms with Crippen molar-refractivity contribution in [3.63, 3.8) is 0 Å². The second-order valence-corrected chi connectivity index (χ2v) is 5.91. The van der Waals surface area contributed by atoms with Crippen LogP contribution in [0.1, 0.15) is 34.5 Å². The fourth-order valence-electron chi connectivity index (χ4n) is 2.45. The highest BCUT2D eigenvalue weighted by molar-refractivity contribution is 9.10. The largest absolute Gasteiger partial charge is 0.457 e. The Morgan fingerprint density at radius 3 is 2.86 bits per heavy atom. The summed E-state index contributed by atoms with van der Waals surface area (Å²) < 4.78 is 12.3. The maximum absolute atomic E-state index is 11.1. The first kappa shape index (κ1) is 16.7. The van der Waals surface area contributed by atoms with Gasteiger partial charge in [-0.2, -0.15) is 0 Å². The summed E-state index contributed by atoms with van der Waals surface area (Å²) in [6.07, 6.45) is 1.73. The lowest BCUT2D eigenvalue weighted by Gasteiger charge is -2.20. The fraction of sp³-hybridized carbons (Fsp3) is 0.278. The molecule has 116 valence electrons. The van der Waals surface area contributed by atoms with E-state index in [2.05, 4.69) is 22.0 Å². The number of fused-ring (bicyclic) bond motifs is 1. The van der Waals surface area contributed by atoms with Gasteiger partial charge in [0.25, 0.3) is 0 Å². The Kier molecular flexibility index (Phi) is 5.37. The SMILES string of the molecule is C.Cc1cc(Br)c(C=O)cc1Oc1cccc2c1COCC2. The third-order valence-corrected chi connectivity index (χ3v) is 4.32. The number of hydrogen-bond donors (Lipinski definition) is 0. The lowest BCUT2D eigenvalue weighted by Crippen LogP contribution is -2.10. The maximum Gasteiger partial charge on any atom is 0.151 e. The zero-order valence-electron chi connectivity index (χ0n) is 11.7. The Morgan fingerprint density at radius 1 is 1.27 bits per heavy atom. The minimum absolute atomic E-state index is 0. The summed E-state index contributed by atoms with van der Waals surface area (Å²) >= 11 is 3.38. The molecule has 2 aromatic carbocycles. The molecule has 0 amide bonds. The van der Waals surface area contributed by atoms with E-state index in [9.17, 15) is 4.79 Å². The molecule has 1 aliphatic rings. The van der Waals surface area contributed by atoms with Gasteiger partial charge < -0.3 is 9.47 Å². The number of hydrogen-bond acceptors (Lipinski definition) is 3. The molecule has 0 aromatic heterocycles. The van der Waals surface area contributed by atoms with Crippen molar-refractivity contribution in [2.24, 2.45) is 0 Å². The van der Waals surface area contributed by atoms with Crippen LogP contribution in [0.4, 0.5) is 0 Å². The second kappa shape index (κ2) is 7.07. The molecule has 0 N–H and O–H groups in total. The van der Waals surface area contributed by atoms with Gasteiger partial charge in [0.15, 0.2) is 6.29 Å². The average molecular weight is 363 g/mol. The van der Waals surface area contributed by atoms with Crippen molar-refractivity contribution in [1.82, 2.24) is 0 Å². The van der Waals surface area contributed by atoms with Gasteiger partial charge in [-0.1, -0.05) is 35.5 Å². The topological polar surface area (TPSA) is 35.5 Å². The van der Waals surface area contributed by atoms with Crippen LogP contribution in [-0.2, 0) is 17.8 Å². The van der Waals surface area contributed by atoms with E-state index in [1.807, 2.05) is 25.1 Å². The Morgan fingerprint density at radius 2 is 2.09 bits per heavy atom. The molecule has 0 unspecified atom stereocenters. The Hall–Kier alpha value is -1.65. The van der Waals surface area contributed by atoms with Crippen molar-refractivity contribution >= 4 is 22.2 Å². The van der Waals surface area contributed by atoms with Crippen molar-refractivity contribution in [2.45, 2.75) is 27.4 Å². The number of halogens is 1. The first-order valence-corrected chi connectivity index (χ1v) is 7.60. The second-order valence-electron chi connectivity index (χ2n) is 5.06. The summed E-state index contributed by atoms with van der Waals surface area (Å²) in [6.45, 7) is 3.28. The third-order valence-electron chi connectivity index (χ3n) is 3.63. The smallest absolute Gasteiger partial charge is 0.151 e. The van der Waals surface area contributed by atoms with Gasteiger partial charge >= 0.3 is 0 Å². The van der Waals surface area contributed by atoms with Crippen molar-refractivity contribution in [2.75, 3.05) is 6.61 Å². The molecular formula is C18H19BrO3. The maximum atomic E-state index is 11.1. The van der Waals surface area contributed by atoms with Crippen LogP contribution in [0.5, 0.6) is 11.5 Å². The fourth-order valence-corrected chi connectivity index (χ4v) is 3.00. The van der Waals surface area contributed by atoms with Crippen LogP contribution < -0.4 is 4.74 Å². The normalized spacial score (nSPS) is 13.0. The highest BCUT2D eigenvalue weighted by atomic mass is 79.9. The molecule has 0 spiro atoms. The molecule has 1 heterocycles. The van der Waals surface area contributed by atoms with Crippen molar-refractivity contribution < 1.29 is 14.3 Å². The van der Waals surface area contributed by atoms with E-state index in [-0.39, 0.29) is 7.43 Å². The third kappa shape index (κ3) is 3.23. The molecule has 1 aliphatic heterocycles. The quantitative estimate of drug-likeness (QED) is 0.714. The Bertz CT molecular complexity index is 695. The molecule has 22 heavy (non-hydrogen) atoms. The number of carbonyl (C=O) groups excluding carboxylic acids is 1. The van der Waals surface area contributed by atoms with E-state index in [1.54, 1.807) is 6.07 Å². The van der Waals surface area contributed by atoms with Crippen LogP contribution in [0.3, 0.4) is 0 Å². The number of aryl methyl sites for hydroxylation is 1. The van der Waals surface area contributed by atoms with Crippen LogP contribution in [-0.4, -0.2) is 12.9 Å². The molecule has 0 saturated heterocycles. The van der Waals surface area contributed by atoms with Crippen LogP contribution in [0.2, 0.25) is 0 Å². The zero-order valence-corrected chi connectivity index (χ0v) is 13.3. The van der Waals surface area contributed by atoms with E-state index in [0.29, 0.717) is 17.9 Å². The lowest BCUT2D eigenvalue weighted by atomic mass is 10.0. The van der Waals surface area contributed by atoms with Crippen LogP contribution in [0.15, 0.2) is 34.8 Å². The van der Waals surface area contributed by atoms with Crippen molar-refractivity contribution in [1.29, 1.82) is 0 Å². The minimum atomic E-state index is 0. The van der Waals surface area contributed by atoms with Gasteiger partial charge in [0.1, 0.15) is 11.5 Å². The summed E-state index contributed by atoms with van der Waals surface area (Å²) in [5, 5.41) is 0. The number of benzene rings is 2. The van der Waals surface area contributed by atoms with Crippen molar-refractivity contribution in [3.8, 4) is 11.5 Å². The highest BCUT2D eigenvalue weighted by Crippen LogP contribution is 2.34. The molecule has 0 fully saturated rings. The van der Waals surface area contributed by atoms with Gasteiger partial charge in [0, 0.05) is 15.6 Å². The minimum Gasteiger partial charge on any atom is -0.457 e. The molecule has 0 aliphatic carbocycles. The van der Waals surface area contributed by atoms with Crippen LogP contribution in [0.25, 0.3) is 0 Å². The first-order valence-electron chi connectivity index (χ1n) is 6.80. The predicted octanol–water partition coefficient (Wildman–Crippen LogP) is 5.07. The first-order chi connectivity index (χ1) is 10.2. The van der Waals surface area contributed by atoms with Gasteiger partial charge in [-0.3, -0.25) is 4.79 Å².